The highest BCUT2D eigenvalue weighted by Gasteiger charge is 2.43. The Morgan fingerprint density at radius 2 is 1.50 bits per heavy atom. The maximum atomic E-state index is 10.1. The van der Waals surface area contributed by atoms with Crippen molar-refractivity contribution in [3.8, 4) is 17.2 Å². The van der Waals surface area contributed by atoms with Crippen LogP contribution >= 0.6 is 0 Å². The minimum atomic E-state index is -0.702. The molecule has 0 spiro atoms. The Morgan fingerprint density at radius 1 is 1.00 bits per heavy atom. The Kier molecular flexibility index (Phi) is 2.68. The molecule has 0 amide bonds. The van der Waals surface area contributed by atoms with Gasteiger partial charge in [-0.3, -0.25) is 0 Å². The molecule has 1 aromatic rings. The lowest BCUT2D eigenvalue weighted by Crippen LogP contribution is -2.06. The predicted molar refractivity (Wildman–Crippen MR) is 59.2 cm³/mol. The lowest BCUT2D eigenvalue weighted by Gasteiger charge is -2.16. The average Bonchev–Trinajstić information content (AvgIpc) is 3.06. The van der Waals surface area contributed by atoms with Crippen molar-refractivity contribution in [3.63, 3.8) is 0 Å². The van der Waals surface area contributed by atoms with Gasteiger partial charge in [0.05, 0.1) is 26.9 Å². The number of benzene rings is 1. The van der Waals surface area contributed by atoms with E-state index in [0.717, 1.165) is 18.4 Å². The van der Waals surface area contributed by atoms with Crippen LogP contribution in [0.2, 0.25) is 0 Å². The normalized spacial score (nSPS) is 16.8. The standard InChI is InChI=1S/C12H16O4/c1-14-9-6-8(12(13)4-5-12)7-10(15-2)11(9)16-3/h6-7,13H,4-5H2,1-3H3. The van der Waals surface area contributed by atoms with E-state index in [1.165, 1.54) is 0 Å². The molecule has 0 aliphatic heterocycles. The molecule has 4 nitrogen and oxygen atoms in total. The Bertz CT molecular complexity index is 371. The van der Waals surface area contributed by atoms with Gasteiger partial charge in [-0.2, -0.15) is 0 Å². The van der Waals surface area contributed by atoms with Crippen molar-refractivity contribution in [2.75, 3.05) is 21.3 Å². The third-order valence-electron chi connectivity index (χ3n) is 2.93. The molecule has 1 fully saturated rings. The first-order valence-corrected chi connectivity index (χ1v) is 5.17. The van der Waals surface area contributed by atoms with Gasteiger partial charge >= 0.3 is 0 Å². The lowest BCUT2D eigenvalue weighted by molar-refractivity contribution is 0.150. The number of aliphatic hydroxyl groups is 1. The van der Waals surface area contributed by atoms with E-state index in [-0.39, 0.29) is 0 Å². The molecule has 16 heavy (non-hydrogen) atoms. The van der Waals surface area contributed by atoms with E-state index >= 15 is 0 Å². The fraction of sp³-hybridized carbons (Fsp3) is 0.500. The van der Waals surface area contributed by atoms with Gasteiger partial charge in [0.1, 0.15) is 0 Å². The van der Waals surface area contributed by atoms with E-state index in [1.54, 1.807) is 33.5 Å². The van der Waals surface area contributed by atoms with Crippen LogP contribution in [0.4, 0.5) is 0 Å². The van der Waals surface area contributed by atoms with Gasteiger partial charge in [-0.25, -0.2) is 0 Å². The summed E-state index contributed by atoms with van der Waals surface area (Å²) in [6.45, 7) is 0. The third-order valence-corrected chi connectivity index (χ3v) is 2.93. The van der Waals surface area contributed by atoms with Crippen molar-refractivity contribution in [2.45, 2.75) is 18.4 Å². The molecule has 1 aliphatic carbocycles. The minimum Gasteiger partial charge on any atom is -0.493 e. The molecule has 0 bridgehead atoms. The molecule has 0 heterocycles. The summed E-state index contributed by atoms with van der Waals surface area (Å²) >= 11 is 0. The monoisotopic (exact) mass is 224 g/mol. The number of hydrogen-bond acceptors (Lipinski definition) is 4. The lowest BCUT2D eigenvalue weighted by atomic mass is 10.1. The molecular formula is C12H16O4. The van der Waals surface area contributed by atoms with Crippen LogP contribution in [0, 0.1) is 0 Å². The van der Waals surface area contributed by atoms with Gasteiger partial charge < -0.3 is 19.3 Å². The van der Waals surface area contributed by atoms with Crippen molar-refractivity contribution in [1.29, 1.82) is 0 Å². The Morgan fingerprint density at radius 3 is 1.81 bits per heavy atom. The summed E-state index contributed by atoms with van der Waals surface area (Å²) in [7, 11) is 4.70. The van der Waals surface area contributed by atoms with Crippen molar-refractivity contribution in [2.24, 2.45) is 0 Å². The molecule has 1 saturated carbocycles. The van der Waals surface area contributed by atoms with E-state index in [1.807, 2.05) is 0 Å². The van der Waals surface area contributed by atoms with Crippen molar-refractivity contribution >= 4 is 0 Å². The molecule has 2 rings (SSSR count). The van der Waals surface area contributed by atoms with Gasteiger partial charge in [0.25, 0.3) is 0 Å². The van der Waals surface area contributed by atoms with Crippen LogP contribution in [0.3, 0.4) is 0 Å². The molecule has 88 valence electrons. The topological polar surface area (TPSA) is 47.9 Å². The number of ether oxygens (including phenoxy) is 3. The molecule has 1 N–H and O–H groups in total. The maximum Gasteiger partial charge on any atom is 0.203 e. The van der Waals surface area contributed by atoms with Gasteiger partial charge in [0.2, 0.25) is 5.75 Å². The fourth-order valence-corrected chi connectivity index (χ4v) is 1.76. The predicted octanol–water partition coefficient (Wildman–Crippen LogP) is 1.69. The Hall–Kier alpha value is -1.42. The molecule has 1 aliphatic rings. The van der Waals surface area contributed by atoms with E-state index in [0.29, 0.717) is 17.2 Å². The van der Waals surface area contributed by atoms with Crippen LogP contribution in [-0.4, -0.2) is 26.4 Å². The molecule has 1 aromatic carbocycles. The van der Waals surface area contributed by atoms with Crippen LogP contribution < -0.4 is 14.2 Å². The summed E-state index contributed by atoms with van der Waals surface area (Å²) < 4.78 is 15.7. The van der Waals surface area contributed by atoms with E-state index in [2.05, 4.69) is 0 Å². The first-order chi connectivity index (χ1) is 7.64. The summed E-state index contributed by atoms with van der Waals surface area (Å²) in [6, 6.07) is 3.60. The van der Waals surface area contributed by atoms with Crippen LogP contribution in [0.1, 0.15) is 18.4 Å². The summed E-state index contributed by atoms with van der Waals surface area (Å²) in [4.78, 5) is 0. The highest BCUT2D eigenvalue weighted by Crippen LogP contribution is 2.49. The van der Waals surface area contributed by atoms with Gasteiger partial charge in [-0.15, -0.1) is 0 Å². The molecule has 0 unspecified atom stereocenters. The minimum absolute atomic E-state index is 0.554. The second kappa shape index (κ2) is 3.87. The fourth-order valence-electron chi connectivity index (χ4n) is 1.76. The second-order valence-corrected chi connectivity index (χ2v) is 3.95. The van der Waals surface area contributed by atoms with Crippen molar-refractivity contribution in [3.05, 3.63) is 17.7 Å². The molecule has 0 atom stereocenters. The summed E-state index contributed by atoms with van der Waals surface area (Å²) in [5, 5.41) is 10.1. The van der Waals surface area contributed by atoms with Crippen LogP contribution in [0.25, 0.3) is 0 Å². The zero-order valence-electron chi connectivity index (χ0n) is 9.74. The molecule has 0 aromatic heterocycles. The van der Waals surface area contributed by atoms with Crippen LogP contribution in [0.15, 0.2) is 12.1 Å². The maximum absolute atomic E-state index is 10.1. The average molecular weight is 224 g/mol. The number of methoxy groups -OCH3 is 3. The van der Waals surface area contributed by atoms with Crippen molar-refractivity contribution in [1.82, 2.24) is 0 Å². The molecule has 4 heteroatoms. The van der Waals surface area contributed by atoms with Crippen molar-refractivity contribution < 1.29 is 19.3 Å². The Labute approximate surface area is 94.8 Å². The molecule has 0 saturated heterocycles. The zero-order chi connectivity index (χ0) is 11.8. The smallest absolute Gasteiger partial charge is 0.203 e. The van der Waals surface area contributed by atoms with Gasteiger partial charge in [-0.1, -0.05) is 0 Å². The second-order valence-electron chi connectivity index (χ2n) is 3.95. The van der Waals surface area contributed by atoms with Gasteiger partial charge in [0.15, 0.2) is 11.5 Å². The highest BCUT2D eigenvalue weighted by molar-refractivity contribution is 5.55. The quantitative estimate of drug-likeness (QED) is 0.845. The van der Waals surface area contributed by atoms with E-state index in [4.69, 9.17) is 14.2 Å². The summed E-state index contributed by atoms with van der Waals surface area (Å²) in [5.41, 5.74) is 0.120. The summed E-state index contributed by atoms with van der Waals surface area (Å²) in [5.74, 6) is 1.72. The zero-order valence-corrected chi connectivity index (χ0v) is 9.74. The first-order valence-electron chi connectivity index (χ1n) is 5.17. The van der Waals surface area contributed by atoms with Gasteiger partial charge in [-0.05, 0) is 30.5 Å². The highest BCUT2D eigenvalue weighted by atomic mass is 16.5. The first kappa shape index (κ1) is 11.1. The molecule has 0 radical (unpaired) electrons. The largest absolute Gasteiger partial charge is 0.493 e. The van der Waals surface area contributed by atoms with Gasteiger partial charge in [0, 0.05) is 0 Å². The van der Waals surface area contributed by atoms with Crippen LogP contribution in [-0.2, 0) is 5.60 Å². The van der Waals surface area contributed by atoms with E-state index < -0.39 is 5.60 Å². The molecular weight excluding hydrogens is 208 g/mol. The third kappa shape index (κ3) is 1.69. The van der Waals surface area contributed by atoms with E-state index in [9.17, 15) is 5.11 Å². The summed E-state index contributed by atoms with van der Waals surface area (Å²) in [6.07, 6.45) is 1.57. The number of rotatable bonds is 4. The Balaban J connectivity index is 2.50. The number of hydrogen-bond donors (Lipinski definition) is 1. The SMILES string of the molecule is COc1cc(C2(O)CC2)cc(OC)c1OC. The van der Waals surface area contributed by atoms with Crippen LogP contribution in [0.5, 0.6) is 17.2 Å².